The van der Waals surface area contributed by atoms with Gasteiger partial charge in [0.25, 0.3) is 0 Å². The van der Waals surface area contributed by atoms with Gasteiger partial charge in [-0.1, -0.05) is 0 Å². The van der Waals surface area contributed by atoms with Gasteiger partial charge in [0.1, 0.15) is 0 Å². The zero-order valence-corrected chi connectivity index (χ0v) is 11.6. The quantitative estimate of drug-likeness (QED) is 0.778. The maximum absolute atomic E-state index is 12.6. The standard InChI is InChI=1S/C13H20F3N3O/c1-18(7-3-6-17)12(20)5-9-19-8-2-4-11(10-19)13(14,15)16/h11H,2-5,7-10H2,1H3. The molecule has 114 valence electrons. The fourth-order valence-electron chi connectivity index (χ4n) is 2.31. The van der Waals surface area contributed by atoms with Gasteiger partial charge in [-0.2, -0.15) is 18.4 Å². The number of piperidine rings is 1. The number of carbonyl (C=O) groups is 1. The van der Waals surface area contributed by atoms with Crippen LogP contribution in [0.5, 0.6) is 0 Å². The molecule has 1 unspecified atom stereocenters. The minimum absolute atomic E-state index is 0.0152. The van der Waals surface area contributed by atoms with Gasteiger partial charge >= 0.3 is 6.18 Å². The van der Waals surface area contributed by atoms with E-state index in [1.54, 1.807) is 11.9 Å². The van der Waals surface area contributed by atoms with E-state index in [1.165, 1.54) is 4.90 Å². The summed E-state index contributed by atoms with van der Waals surface area (Å²) in [7, 11) is 1.61. The van der Waals surface area contributed by atoms with Gasteiger partial charge in [-0.3, -0.25) is 4.79 Å². The molecule has 0 N–H and O–H groups in total. The number of halogens is 3. The molecule has 1 fully saturated rings. The molecule has 0 aromatic heterocycles. The number of amides is 1. The van der Waals surface area contributed by atoms with Gasteiger partial charge < -0.3 is 9.80 Å². The van der Waals surface area contributed by atoms with Crippen molar-refractivity contribution in [3.05, 3.63) is 0 Å². The van der Waals surface area contributed by atoms with Crippen molar-refractivity contribution >= 4 is 5.91 Å². The maximum Gasteiger partial charge on any atom is 0.393 e. The highest BCUT2D eigenvalue weighted by Crippen LogP contribution is 2.33. The number of likely N-dealkylation sites (tertiary alicyclic amines) is 1. The topological polar surface area (TPSA) is 47.3 Å². The molecule has 1 heterocycles. The number of rotatable bonds is 5. The third-order valence-corrected chi connectivity index (χ3v) is 3.60. The number of nitrogens with zero attached hydrogens (tertiary/aromatic N) is 3. The summed E-state index contributed by atoms with van der Waals surface area (Å²) in [6, 6.07) is 1.95. The van der Waals surface area contributed by atoms with Crippen LogP contribution in [0.3, 0.4) is 0 Å². The molecule has 0 radical (unpaired) electrons. The van der Waals surface area contributed by atoms with Crippen LogP contribution in [-0.4, -0.2) is 55.1 Å². The van der Waals surface area contributed by atoms with Crippen LogP contribution in [0, 0.1) is 17.2 Å². The average Bonchev–Trinajstić information content (AvgIpc) is 2.41. The molecule has 1 amide bonds. The molecule has 0 aliphatic carbocycles. The Hall–Kier alpha value is -1.29. The SMILES string of the molecule is CN(CCC#N)C(=O)CCN1CCCC(C(F)(F)F)C1. The number of alkyl halides is 3. The highest BCUT2D eigenvalue weighted by Gasteiger charge is 2.41. The molecule has 0 aromatic carbocycles. The van der Waals surface area contributed by atoms with E-state index in [4.69, 9.17) is 5.26 Å². The van der Waals surface area contributed by atoms with E-state index in [-0.39, 0.29) is 31.7 Å². The summed E-state index contributed by atoms with van der Waals surface area (Å²) in [5.41, 5.74) is 0. The molecule has 1 atom stereocenters. The molecule has 1 saturated heterocycles. The van der Waals surface area contributed by atoms with Crippen LogP contribution in [0.25, 0.3) is 0 Å². The molecule has 1 rings (SSSR count). The number of carbonyl (C=O) groups excluding carboxylic acids is 1. The van der Waals surface area contributed by atoms with E-state index in [9.17, 15) is 18.0 Å². The van der Waals surface area contributed by atoms with E-state index < -0.39 is 12.1 Å². The van der Waals surface area contributed by atoms with Gasteiger partial charge in [0.05, 0.1) is 18.4 Å². The summed E-state index contributed by atoms with van der Waals surface area (Å²) >= 11 is 0. The van der Waals surface area contributed by atoms with Gasteiger partial charge in [0, 0.05) is 33.1 Å². The summed E-state index contributed by atoms with van der Waals surface area (Å²) in [6.45, 7) is 1.31. The lowest BCUT2D eigenvalue weighted by Crippen LogP contribution is -2.43. The minimum atomic E-state index is -4.15. The first-order valence-corrected chi connectivity index (χ1v) is 6.74. The Kier molecular flexibility index (Phi) is 6.27. The summed E-state index contributed by atoms with van der Waals surface area (Å²) in [6.07, 6.45) is -2.99. The third-order valence-electron chi connectivity index (χ3n) is 3.60. The number of hydrogen-bond acceptors (Lipinski definition) is 3. The Balaban J connectivity index is 2.34. The van der Waals surface area contributed by atoms with Crippen LogP contribution in [0.15, 0.2) is 0 Å². The Labute approximate surface area is 117 Å². The third kappa shape index (κ3) is 5.37. The Morgan fingerprint density at radius 1 is 1.50 bits per heavy atom. The van der Waals surface area contributed by atoms with Crippen molar-refractivity contribution in [2.45, 2.75) is 31.9 Å². The number of nitriles is 1. The lowest BCUT2D eigenvalue weighted by Gasteiger charge is -2.33. The molecule has 0 spiro atoms. The van der Waals surface area contributed by atoms with Gasteiger partial charge in [0.15, 0.2) is 0 Å². The predicted octanol–water partition coefficient (Wildman–Crippen LogP) is 2.02. The molecule has 1 aliphatic rings. The van der Waals surface area contributed by atoms with Crippen LogP contribution in [0.1, 0.15) is 25.7 Å². The first-order chi connectivity index (χ1) is 9.34. The van der Waals surface area contributed by atoms with Crippen LogP contribution in [0.2, 0.25) is 0 Å². The van der Waals surface area contributed by atoms with Crippen molar-refractivity contribution in [1.29, 1.82) is 5.26 Å². The molecule has 0 bridgehead atoms. The van der Waals surface area contributed by atoms with Crippen molar-refractivity contribution in [3.63, 3.8) is 0 Å². The summed E-state index contributed by atoms with van der Waals surface area (Å²) in [5, 5.41) is 8.43. The van der Waals surface area contributed by atoms with E-state index in [2.05, 4.69) is 0 Å². The normalized spacial score (nSPS) is 20.4. The average molecular weight is 291 g/mol. The van der Waals surface area contributed by atoms with Crippen molar-refractivity contribution in [2.24, 2.45) is 5.92 Å². The fraction of sp³-hybridized carbons (Fsp3) is 0.846. The fourth-order valence-corrected chi connectivity index (χ4v) is 2.31. The van der Waals surface area contributed by atoms with Crippen LogP contribution < -0.4 is 0 Å². The van der Waals surface area contributed by atoms with Gasteiger partial charge in [-0.15, -0.1) is 0 Å². The van der Waals surface area contributed by atoms with Crippen LogP contribution in [0.4, 0.5) is 13.2 Å². The number of hydrogen-bond donors (Lipinski definition) is 0. The second-order valence-corrected chi connectivity index (χ2v) is 5.15. The van der Waals surface area contributed by atoms with E-state index in [0.29, 0.717) is 26.1 Å². The summed E-state index contributed by atoms with van der Waals surface area (Å²) in [4.78, 5) is 14.9. The van der Waals surface area contributed by atoms with Crippen molar-refractivity contribution in [3.8, 4) is 6.07 Å². The smallest absolute Gasteiger partial charge is 0.345 e. The Bertz CT molecular complexity index is 365. The molecule has 0 saturated carbocycles. The van der Waals surface area contributed by atoms with Crippen molar-refractivity contribution in [1.82, 2.24) is 9.80 Å². The van der Waals surface area contributed by atoms with Gasteiger partial charge in [-0.25, -0.2) is 0 Å². The highest BCUT2D eigenvalue weighted by molar-refractivity contribution is 5.76. The van der Waals surface area contributed by atoms with E-state index in [0.717, 1.165) is 0 Å². The predicted molar refractivity (Wildman–Crippen MR) is 67.7 cm³/mol. The zero-order chi connectivity index (χ0) is 15.2. The van der Waals surface area contributed by atoms with Crippen LogP contribution >= 0.6 is 0 Å². The molecule has 1 aliphatic heterocycles. The second-order valence-electron chi connectivity index (χ2n) is 5.15. The van der Waals surface area contributed by atoms with Crippen molar-refractivity contribution in [2.75, 3.05) is 33.2 Å². The molecule has 4 nitrogen and oxygen atoms in total. The van der Waals surface area contributed by atoms with E-state index >= 15 is 0 Å². The van der Waals surface area contributed by atoms with Gasteiger partial charge in [-0.05, 0) is 19.4 Å². The highest BCUT2D eigenvalue weighted by atomic mass is 19.4. The minimum Gasteiger partial charge on any atom is -0.345 e. The zero-order valence-electron chi connectivity index (χ0n) is 11.6. The Morgan fingerprint density at radius 2 is 2.20 bits per heavy atom. The molecule has 0 aromatic rings. The monoisotopic (exact) mass is 291 g/mol. The maximum atomic E-state index is 12.6. The Morgan fingerprint density at radius 3 is 2.80 bits per heavy atom. The van der Waals surface area contributed by atoms with Crippen molar-refractivity contribution < 1.29 is 18.0 Å². The van der Waals surface area contributed by atoms with Crippen LogP contribution in [-0.2, 0) is 4.79 Å². The first-order valence-electron chi connectivity index (χ1n) is 6.74. The molecule has 7 heteroatoms. The summed E-state index contributed by atoms with van der Waals surface area (Å²) in [5.74, 6) is -1.41. The largest absolute Gasteiger partial charge is 0.393 e. The van der Waals surface area contributed by atoms with E-state index in [1.807, 2.05) is 6.07 Å². The lowest BCUT2D eigenvalue weighted by atomic mass is 9.97. The first kappa shape index (κ1) is 16.8. The molecular formula is C13H20F3N3O. The molecule has 20 heavy (non-hydrogen) atoms. The lowest BCUT2D eigenvalue weighted by molar-refractivity contribution is -0.186. The van der Waals surface area contributed by atoms with Gasteiger partial charge in [0.2, 0.25) is 5.91 Å². The summed E-state index contributed by atoms with van der Waals surface area (Å²) < 4.78 is 37.9. The second kappa shape index (κ2) is 7.48. The molecular weight excluding hydrogens is 271 g/mol.